The van der Waals surface area contributed by atoms with Crippen LogP contribution in [0.15, 0.2) is 30.5 Å². The van der Waals surface area contributed by atoms with Gasteiger partial charge in [0.15, 0.2) is 0 Å². The molecule has 0 aliphatic carbocycles. The van der Waals surface area contributed by atoms with Crippen molar-refractivity contribution < 1.29 is 9.53 Å². The summed E-state index contributed by atoms with van der Waals surface area (Å²) in [6.45, 7) is 7.47. The van der Waals surface area contributed by atoms with Crippen molar-refractivity contribution >= 4 is 11.6 Å². The maximum atomic E-state index is 12.3. The van der Waals surface area contributed by atoms with Crippen LogP contribution in [0.25, 0.3) is 0 Å². The van der Waals surface area contributed by atoms with Crippen molar-refractivity contribution in [2.24, 2.45) is 0 Å². The number of hydrogen-bond donors (Lipinski definition) is 1. The van der Waals surface area contributed by atoms with Crippen LogP contribution >= 0.6 is 0 Å². The molecule has 21 heavy (non-hydrogen) atoms. The van der Waals surface area contributed by atoms with Gasteiger partial charge in [0.25, 0.3) is 5.91 Å². The molecule has 0 aliphatic rings. The van der Waals surface area contributed by atoms with Crippen LogP contribution in [-0.2, 0) is 0 Å². The van der Waals surface area contributed by atoms with E-state index in [1.165, 1.54) is 0 Å². The highest BCUT2D eigenvalue weighted by Gasteiger charge is 2.13. The fraction of sp³-hybridized carbons (Fsp3) is 0.312. The molecule has 2 rings (SSSR count). The zero-order valence-electron chi connectivity index (χ0n) is 12.7. The van der Waals surface area contributed by atoms with Gasteiger partial charge in [0.1, 0.15) is 11.6 Å². The number of amides is 1. The summed E-state index contributed by atoms with van der Waals surface area (Å²) in [5.41, 5.74) is 1.75. The third kappa shape index (κ3) is 3.78. The lowest BCUT2D eigenvalue weighted by molar-refractivity contribution is 0.102. The van der Waals surface area contributed by atoms with Crippen molar-refractivity contribution in [3.63, 3.8) is 0 Å². The molecule has 1 N–H and O–H groups in total. The highest BCUT2D eigenvalue weighted by molar-refractivity contribution is 6.05. The number of para-hydroxylation sites is 2. The van der Waals surface area contributed by atoms with Gasteiger partial charge in [-0.1, -0.05) is 12.1 Å². The van der Waals surface area contributed by atoms with E-state index in [9.17, 15) is 4.79 Å². The molecular formula is C16H19N3O2. The van der Waals surface area contributed by atoms with Crippen LogP contribution in [0.2, 0.25) is 0 Å². The first kappa shape index (κ1) is 15.0. The van der Waals surface area contributed by atoms with E-state index in [1.54, 1.807) is 26.1 Å². The predicted molar refractivity (Wildman–Crippen MR) is 81.7 cm³/mol. The van der Waals surface area contributed by atoms with Gasteiger partial charge >= 0.3 is 0 Å². The summed E-state index contributed by atoms with van der Waals surface area (Å²) in [6, 6.07) is 7.35. The molecule has 0 radical (unpaired) electrons. The molecule has 0 unspecified atom stereocenters. The number of carbonyl (C=O) groups is 1. The maximum Gasteiger partial charge on any atom is 0.259 e. The van der Waals surface area contributed by atoms with Gasteiger partial charge in [-0.2, -0.15) is 0 Å². The monoisotopic (exact) mass is 285 g/mol. The lowest BCUT2D eigenvalue weighted by atomic mass is 10.2. The van der Waals surface area contributed by atoms with Gasteiger partial charge < -0.3 is 10.1 Å². The van der Waals surface area contributed by atoms with Crippen LogP contribution in [0.1, 0.15) is 35.7 Å². The number of hydrogen-bond acceptors (Lipinski definition) is 4. The third-order valence-corrected chi connectivity index (χ3v) is 2.84. The van der Waals surface area contributed by atoms with Gasteiger partial charge in [0.2, 0.25) is 0 Å². The Morgan fingerprint density at radius 1 is 1.24 bits per heavy atom. The lowest BCUT2D eigenvalue weighted by Crippen LogP contribution is -2.16. The number of nitrogens with one attached hydrogen (secondary N) is 1. The van der Waals surface area contributed by atoms with Gasteiger partial charge in [-0.05, 0) is 39.8 Å². The van der Waals surface area contributed by atoms with Gasteiger partial charge in [0.05, 0.1) is 23.0 Å². The summed E-state index contributed by atoms with van der Waals surface area (Å²) in [4.78, 5) is 20.6. The van der Waals surface area contributed by atoms with Crippen LogP contribution in [0, 0.1) is 13.8 Å². The Kier molecular flexibility index (Phi) is 4.52. The third-order valence-electron chi connectivity index (χ3n) is 2.84. The Balaban J connectivity index is 2.23. The summed E-state index contributed by atoms with van der Waals surface area (Å²) in [6.07, 6.45) is 1.58. The summed E-state index contributed by atoms with van der Waals surface area (Å²) >= 11 is 0. The minimum atomic E-state index is -0.243. The lowest BCUT2D eigenvalue weighted by Gasteiger charge is -2.15. The predicted octanol–water partition coefficient (Wildman–Crippen LogP) is 3.13. The van der Waals surface area contributed by atoms with E-state index in [1.807, 2.05) is 32.0 Å². The molecule has 0 spiro atoms. The van der Waals surface area contributed by atoms with E-state index in [0.717, 1.165) is 0 Å². The fourth-order valence-electron chi connectivity index (χ4n) is 1.92. The normalized spacial score (nSPS) is 10.5. The van der Waals surface area contributed by atoms with E-state index in [2.05, 4.69) is 15.3 Å². The van der Waals surface area contributed by atoms with Crippen LogP contribution in [0.4, 0.5) is 5.69 Å². The second-order valence-electron chi connectivity index (χ2n) is 5.03. The molecule has 5 nitrogen and oxygen atoms in total. The molecule has 0 bridgehead atoms. The average Bonchev–Trinajstić information content (AvgIpc) is 2.40. The number of ether oxygens (including phenoxy) is 1. The molecule has 1 heterocycles. The summed E-state index contributed by atoms with van der Waals surface area (Å²) in [5.74, 6) is 1.05. The Labute approximate surface area is 124 Å². The van der Waals surface area contributed by atoms with Gasteiger partial charge in [-0.25, -0.2) is 9.97 Å². The average molecular weight is 285 g/mol. The Hall–Kier alpha value is -2.43. The minimum Gasteiger partial charge on any atom is -0.489 e. The van der Waals surface area contributed by atoms with Crippen LogP contribution in [0.3, 0.4) is 0 Å². The fourth-order valence-corrected chi connectivity index (χ4v) is 1.92. The second-order valence-corrected chi connectivity index (χ2v) is 5.03. The number of anilines is 1. The summed E-state index contributed by atoms with van der Waals surface area (Å²) < 4.78 is 5.69. The van der Waals surface area contributed by atoms with Crippen molar-refractivity contribution in [2.75, 3.05) is 5.32 Å². The van der Waals surface area contributed by atoms with Crippen molar-refractivity contribution in [3.05, 3.63) is 47.5 Å². The molecule has 5 heteroatoms. The minimum absolute atomic E-state index is 0.0347. The molecule has 110 valence electrons. The first-order chi connectivity index (χ1) is 9.97. The van der Waals surface area contributed by atoms with Crippen LogP contribution in [-0.4, -0.2) is 22.0 Å². The highest BCUT2D eigenvalue weighted by atomic mass is 16.5. The molecule has 0 saturated carbocycles. The first-order valence-corrected chi connectivity index (χ1v) is 6.84. The number of benzene rings is 1. The maximum absolute atomic E-state index is 12.3. The molecular weight excluding hydrogens is 266 g/mol. The molecule has 0 atom stereocenters. The Morgan fingerprint density at radius 3 is 2.62 bits per heavy atom. The topological polar surface area (TPSA) is 64.1 Å². The molecule has 1 amide bonds. The zero-order chi connectivity index (χ0) is 15.4. The van der Waals surface area contributed by atoms with Crippen LogP contribution < -0.4 is 10.1 Å². The van der Waals surface area contributed by atoms with Crippen LogP contribution in [0.5, 0.6) is 5.75 Å². The summed E-state index contributed by atoms with van der Waals surface area (Å²) in [7, 11) is 0. The first-order valence-electron chi connectivity index (χ1n) is 6.84. The number of aryl methyl sites for hydroxylation is 2. The van der Waals surface area contributed by atoms with Gasteiger partial charge in [0, 0.05) is 6.20 Å². The van der Waals surface area contributed by atoms with E-state index in [-0.39, 0.29) is 12.0 Å². The van der Waals surface area contributed by atoms with Gasteiger partial charge in [-0.3, -0.25) is 4.79 Å². The smallest absolute Gasteiger partial charge is 0.259 e. The standard InChI is InChI=1S/C16H19N3O2/c1-10(2)21-15-8-6-5-7-14(15)19-16(20)13-9-17-12(4)18-11(13)3/h5-10H,1-4H3,(H,19,20). The number of aromatic nitrogens is 2. The molecule has 2 aromatic rings. The number of nitrogens with zero attached hydrogens (tertiary/aromatic N) is 2. The van der Waals surface area contributed by atoms with Crippen molar-refractivity contribution in [1.82, 2.24) is 9.97 Å². The Morgan fingerprint density at radius 2 is 1.95 bits per heavy atom. The number of carbonyl (C=O) groups excluding carboxylic acids is 1. The van der Waals surface area contributed by atoms with Crippen molar-refractivity contribution in [3.8, 4) is 5.75 Å². The van der Waals surface area contributed by atoms with E-state index < -0.39 is 0 Å². The molecule has 1 aromatic heterocycles. The molecule has 0 aliphatic heterocycles. The van der Waals surface area contributed by atoms with Crippen molar-refractivity contribution in [2.45, 2.75) is 33.8 Å². The number of rotatable bonds is 4. The molecule has 0 fully saturated rings. The SMILES string of the molecule is Cc1ncc(C(=O)Nc2ccccc2OC(C)C)c(C)n1. The molecule has 0 saturated heterocycles. The van der Waals surface area contributed by atoms with E-state index in [4.69, 9.17) is 4.74 Å². The second kappa shape index (κ2) is 6.35. The Bertz CT molecular complexity index is 654. The van der Waals surface area contributed by atoms with Crippen molar-refractivity contribution in [1.29, 1.82) is 0 Å². The zero-order valence-corrected chi connectivity index (χ0v) is 12.7. The quantitative estimate of drug-likeness (QED) is 0.937. The summed E-state index contributed by atoms with van der Waals surface area (Å²) in [5, 5.41) is 2.85. The van der Waals surface area contributed by atoms with Gasteiger partial charge in [-0.15, -0.1) is 0 Å². The largest absolute Gasteiger partial charge is 0.489 e. The highest BCUT2D eigenvalue weighted by Crippen LogP contribution is 2.25. The molecule has 1 aromatic carbocycles. The van der Waals surface area contributed by atoms with E-state index in [0.29, 0.717) is 28.5 Å². The van der Waals surface area contributed by atoms with E-state index >= 15 is 0 Å².